The van der Waals surface area contributed by atoms with E-state index in [-0.39, 0.29) is 5.91 Å². The van der Waals surface area contributed by atoms with E-state index in [0.29, 0.717) is 21.8 Å². The van der Waals surface area contributed by atoms with Gasteiger partial charge in [-0.1, -0.05) is 18.2 Å². The highest BCUT2D eigenvalue weighted by atomic mass is 32.2. The zero-order valence-corrected chi connectivity index (χ0v) is 14.4. The van der Waals surface area contributed by atoms with Gasteiger partial charge in [0, 0.05) is 24.2 Å². The number of rotatable bonds is 2. The highest BCUT2D eigenvalue weighted by Gasteiger charge is 2.31. The lowest BCUT2D eigenvalue weighted by Gasteiger charge is -2.15. The summed E-state index contributed by atoms with van der Waals surface area (Å²) in [6.07, 6.45) is 5.63. The Labute approximate surface area is 147 Å². The number of ether oxygens (including phenoxy) is 1. The Morgan fingerprint density at radius 1 is 1.38 bits per heavy atom. The molecule has 5 nitrogen and oxygen atoms in total. The summed E-state index contributed by atoms with van der Waals surface area (Å²) in [5.41, 5.74) is 1.99. The molecule has 1 saturated heterocycles. The molecular formula is C17H13N3O2S2. The Kier molecular flexibility index (Phi) is 3.95. The molecule has 0 atom stereocenters. The second-order valence-electron chi connectivity index (χ2n) is 5.23. The fourth-order valence-electron chi connectivity index (χ4n) is 2.39. The van der Waals surface area contributed by atoms with Crippen molar-refractivity contribution < 1.29 is 9.53 Å². The number of amides is 1. The molecule has 4 rings (SSSR count). The first-order valence-electron chi connectivity index (χ1n) is 7.29. The summed E-state index contributed by atoms with van der Waals surface area (Å²) in [5.74, 6) is 0.809. The van der Waals surface area contributed by atoms with Crippen molar-refractivity contribution in [2.75, 3.05) is 13.7 Å². The maximum absolute atomic E-state index is 12.4. The van der Waals surface area contributed by atoms with E-state index in [1.807, 2.05) is 35.7 Å². The van der Waals surface area contributed by atoms with Gasteiger partial charge in [0.25, 0.3) is 5.91 Å². The zero-order chi connectivity index (χ0) is 16.5. The van der Waals surface area contributed by atoms with Crippen LogP contribution in [0.3, 0.4) is 0 Å². The molecule has 0 N–H and O–H groups in total. The largest absolute Gasteiger partial charge is 0.488 e. The number of aromatic nitrogens is 1. The average molecular weight is 355 g/mol. The zero-order valence-electron chi connectivity index (χ0n) is 12.8. The second kappa shape index (κ2) is 6.26. The third-order valence-corrected chi connectivity index (χ3v) is 5.31. The van der Waals surface area contributed by atoms with Gasteiger partial charge in [0.1, 0.15) is 12.4 Å². The molecule has 1 aromatic heterocycles. The highest BCUT2D eigenvalue weighted by molar-refractivity contribution is 8.18. The van der Waals surface area contributed by atoms with Gasteiger partial charge in [-0.2, -0.15) is 4.99 Å². The van der Waals surface area contributed by atoms with Crippen molar-refractivity contribution in [2.24, 2.45) is 4.99 Å². The molecule has 2 aliphatic heterocycles. The van der Waals surface area contributed by atoms with E-state index < -0.39 is 0 Å². The van der Waals surface area contributed by atoms with Gasteiger partial charge in [0.15, 0.2) is 5.17 Å². The molecule has 2 aromatic rings. The maximum atomic E-state index is 12.4. The monoisotopic (exact) mass is 355 g/mol. The van der Waals surface area contributed by atoms with Crippen LogP contribution in [0.1, 0.15) is 5.56 Å². The van der Waals surface area contributed by atoms with Gasteiger partial charge in [-0.05, 0) is 35.6 Å². The molecule has 2 aliphatic rings. The average Bonchev–Trinajstić information content (AvgIpc) is 3.20. The molecule has 120 valence electrons. The number of aliphatic imine (C=N–C) groups is 1. The van der Waals surface area contributed by atoms with Crippen LogP contribution < -0.4 is 4.74 Å². The van der Waals surface area contributed by atoms with Crippen LogP contribution in [0.5, 0.6) is 5.75 Å². The molecule has 24 heavy (non-hydrogen) atoms. The Balaban J connectivity index is 1.62. The lowest BCUT2D eigenvalue weighted by Crippen LogP contribution is -2.23. The lowest BCUT2D eigenvalue weighted by molar-refractivity contribution is -0.121. The molecular weight excluding hydrogens is 342 g/mol. The first-order valence-corrected chi connectivity index (χ1v) is 8.98. The quantitative estimate of drug-likeness (QED) is 0.771. The fraction of sp³-hybridized carbons (Fsp3) is 0.118. The summed E-state index contributed by atoms with van der Waals surface area (Å²) in [5, 5.41) is 3.14. The van der Waals surface area contributed by atoms with Crippen molar-refractivity contribution in [3.8, 4) is 5.75 Å². The number of hydrogen-bond acceptors (Lipinski definition) is 6. The first-order chi connectivity index (χ1) is 11.7. The summed E-state index contributed by atoms with van der Waals surface area (Å²) < 4.78 is 5.73. The van der Waals surface area contributed by atoms with Gasteiger partial charge in [0.2, 0.25) is 5.13 Å². The predicted octanol–water partition coefficient (Wildman–Crippen LogP) is 3.70. The summed E-state index contributed by atoms with van der Waals surface area (Å²) in [6.45, 7) is 0.455. The van der Waals surface area contributed by atoms with Gasteiger partial charge in [-0.25, -0.2) is 4.98 Å². The number of carbonyl (C=O) groups is 1. The number of thioether (sulfide) groups is 1. The Bertz CT molecular complexity index is 885. The molecule has 1 aromatic carbocycles. The number of hydrogen-bond donors (Lipinski definition) is 0. The Morgan fingerprint density at radius 3 is 3.08 bits per heavy atom. The van der Waals surface area contributed by atoms with Crippen molar-refractivity contribution in [3.63, 3.8) is 0 Å². The number of nitrogens with zero attached hydrogens (tertiary/aromatic N) is 3. The van der Waals surface area contributed by atoms with Crippen LogP contribution in [-0.2, 0) is 4.79 Å². The number of likely N-dealkylation sites (N-methyl/N-ethyl adjacent to an activating group) is 1. The van der Waals surface area contributed by atoms with Crippen LogP contribution in [0.4, 0.5) is 5.13 Å². The van der Waals surface area contributed by atoms with E-state index in [0.717, 1.165) is 16.9 Å². The van der Waals surface area contributed by atoms with Crippen LogP contribution >= 0.6 is 23.1 Å². The minimum atomic E-state index is -0.0601. The van der Waals surface area contributed by atoms with Gasteiger partial charge >= 0.3 is 0 Å². The van der Waals surface area contributed by atoms with Crippen LogP contribution in [0.2, 0.25) is 0 Å². The summed E-state index contributed by atoms with van der Waals surface area (Å²) in [7, 11) is 1.73. The fourth-order valence-corrected chi connectivity index (χ4v) is 3.94. The topological polar surface area (TPSA) is 54.8 Å². The molecule has 0 aliphatic carbocycles. The number of benzene rings is 1. The molecule has 0 saturated carbocycles. The van der Waals surface area contributed by atoms with E-state index in [4.69, 9.17) is 4.74 Å². The third kappa shape index (κ3) is 2.88. The van der Waals surface area contributed by atoms with Crippen LogP contribution in [0.25, 0.3) is 6.08 Å². The van der Waals surface area contributed by atoms with E-state index in [2.05, 4.69) is 16.1 Å². The Hall–Kier alpha value is -2.38. The number of thiazole rings is 1. The van der Waals surface area contributed by atoms with Crippen molar-refractivity contribution in [3.05, 3.63) is 58.0 Å². The van der Waals surface area contributed by atoms with Gasteiger partial charge in [-0.3, -0.25) is 9.69 Å². The third-order valence-electron chi connectivity index (χ3n) is 3.58. The van der Waals surface area contributed by atoms with Gasteiger partial charge in [-0.15, -0.1) is 11.3 Å². The number of amidine groups is 1. The van der Waals surface area contributed by atoms with E-state index in [1.165, 1.54) is 23.1 Å². The van der Waals surface area contributed by atoms with Crippen molar-refractivity contribution in [1.82, 2.24) is 9.88 Å². The van der Waals surface area contributed by atoms with Crippen LogP contribution in [0, 0.1) is 0 Å². The smallest absolute Gasteiger partial charge is 0.266 e. The molecule has 1 fully saturated rings. The lowest BCUT2D eigenvalue weighted by atomic mass is 10.1. The number of para-hydroxylation sites is 1. The summed E-state index contributed by atoms with van der Waals surface area (Å²) >= 11 is 2.80. The molecule has 0 bridgehead atoms. The van der Waals surface area contributed by atoms with Crippen molar-refractivity contribution in [1.29, 1.82) is 0 Å². The van der Waals surface area contributed by atoms with Crippen LogP contribution in [0.15, 0.2) is 57.4 Å². The minimum Gasteiger partial charge on any atom is -0.488 e. The minimum absolute atomic E-state index is 0.0601. The van der Waals surface area contributed by atoms with Gasteiger partial charge < -0.3 is 4.74 Å². The van der Waals surface area contributed by atoms with Crippen LogP contribution in [-0.4, -0.2) is 34.6 Å². The number of fused-ring (bicyclic) bond motifs is 1. The Morgan fingerprint density at radius 2 is 2.25 bits per heavy atom. The normalized spacial score (nSPS) is 20.3. The van der Waals surface area contributed by atoms with Crippen molar-refractivity contribution in [2.45, 2.75) is 0 Å². The summed E-state index contributed by atoms with van der Waals surface area (Å²) in [4.78, 5) is 23.2. The molecule has 3 heterocycles. The second-order valence-corrected chi connectivity index (χ2v) is 7.11. The summed E-state index contributed by atoms with van der Waals surface area (Å²) in [6, 6.07) is 7.86. The maximum Gasteiger partial charge on any atom is 0.266 e. The van der Waals surface area contributed by atoms with E-state index >= 15 is 0 Å². The molecule has 0 radical (unpaired) electrons. The van der Waals surface area contributed by atoms with E-state index in [9.17, 15) is 4.79 Å². The molecule has 7 heteroatoms. The van der Waals surface area contributed by atoms with Crippen molar-refractivity contribution >= 4 is 45.4 Å². The predicted molar refractivity (Wildman–Crippen MR) is 97.6 cm³/mol. The highest BCUT2D eigenvalue weighted by Crippen LogP contribution is 2.34. The molecule has 0 unspecified atom stereocenters. The van der Waals surface area contributed by atoms with E-state index in [1.54, 1.807) is 18.1 Å². The molecule has 1 amide bonds. The SMILES string of the molecule is CN1C(=O)C(=CC2=Cc3ccccc3OC2)SC1=Nc1nccs1. The first kappa shape index (κ1) is 15.2. The standard InChI is InChI=1S/C17H13N3O2S2/c1-20-15(21)14(24-17(20)19-16-18-6-7-23-16)9-11-8-12-4-2-3-5-13(12)22-10-11/h2-9H,10H2,1H3. The van der Waals surface area contributed by atoms with Gasteiger partial charge in [0.05, 0.1) is 4.91 Å². The molecule has 0 spiro atoms. The number of carbonyl (C=O) groups excluding carboxylic acids is 1.